The first-order valence-corrected chi connectivity index (χ1v) is 7.80. The number of halogens is 1. The fraction of sp³-hybridized carbons (Fsp3) is 0.222. The molecule has 6 heteroatoms. The molecule has 0 saturated heterocycles. The van der Waals surface area contributed by atoms with Crippen molar-refractivity contribution in [1.82, 2.24) is 0 Å². The van der Waals surface area contributed by atoms with Crippen LogP contribution in [0, 0.1) is 0 Å². The van der Waals surface area contributed by atoms with Crippen LogP contribution >= 0.6 is 11.6 Å². The molecule has 1 N–H and O–H groups in total. The monoisotopic (exact) mass is 347 g/mol. The molecule has 0 aliphatic rings. The highest BCUT2D eigenvalue weighted by atomic mass is 35.5. The van der Waals surface area contributed by atoms with Crippen LogP contribution in [0.15, 0.2) is 36.4 Å². The SMILES string of the molecule is CCc1ccccc1NC(=O)COc1c(Cl)cc(C=O)cc1OC. The second-order valence-electron chi connectivity index (χ2n) is 5.00. The van der Waals surface area contributed by atoms with Gasteiger partial charge in [-0.15, -0.1) is 0 Å². The zero-order valence-electron chi connectivity index (χ0n) is 13.5. The predicted molar refractivity (Wildman–Crippen MR) is 93.3 cm³/mol. The molecule has 24 heavy (non-hydrogen) atoms. The van der Waals surface area contributed by atoms with Gasteiger partial charge in [0, 0.05) is 11.3 Å². The number of nitrogens with one attached hydrogen (secondary N) is 1. The summed E-state index contributed by atoms with van der Waals surface area (Å²) in [6.07, 6.45) is 1.47. The number of methoxy groups -OCH3 is 1. The van der Waals surface area contributed by atoms with Crippen LogP contribution in [0.5, 0.6) is 11.5 Å². The van der Waals surface area contributed by atoms with Crippen molar-refractivity contribution >= 4 is 29.5 Å². The van der Waals surface area contributed by atoms with E-state index in [9.17, 15) is 9.59 Å². The summed E-state index contributed by atoms with van der Waals surface area (Å²) in [7, 11) is 1.44. The number of rotatable bonds is 7. The van der Waals surface area contributed by atoms with Crippen LogP contribution in [-0.4, -0.2) is 25.9 Å². The number of hydrogen-bond acceptors (Lipinski definition) is 4. The van der Waals surface area contributed by atoms with Crippen molar-refractivity contribution in [3.05, 3.63) is 52.5 Å². The van der Waals surface area contributed by atoms with Crippen molar-refractivity contribution in [3.63, 3.8) is 0 Å². The molecule has 0 aliphatic heterocycles. The van der Waals surface area contributed by atoms with Crippen molar-refractivity contribution in [2.45, 2.75) is 13.3 Å². The lowest BCUT2D eigenvalue weighted by Gasteiger charge is -2.14. The highest BCUT2D eigenvalue weighted by molar-refractivity contribution is 6.32. The number of para-hydroxylation sites is 1. The Bertz CT molecular complexity index is 746. The lowest BCUT2D eigenvalue weighted by molar-refractivity contribution is -0.118. The molecule has 0 bridgehead atoms. The molecule has 0 heterocycles. The molecule has 2 rings (SSSR count). The molecule has 2 aromatic rings. The molecular formula is C18H18ClNO4. The van der Waals surface area contributed by atoms with Gasteiger partial charge in [0.25, 0.3) is 5.91 Å². The van der Waals surface area contributed by atoms with Crippen LogP contribution in [0.4, 0.5) is 5.69 Å². The molecule has 1 amide bonds. The predicted octanol–water partition coefficient (Wildman–Crippen LogP) is 3.74. The minimum Gasteiger partial charge on any atom is -0.493 e. The first-order chi connectivity index (χ1) is 11.6. The Morgan fingerprint density at radius 1 is 1.29 bits per heavy atom. The molecule has 0 aliphatic carbocycles. The Labute approximate surface area is 145 Å². The average Bonchev–Trinajstić information content (AvgIpc) is 2.60. The Morgan fingerprint density at radius 3 is 2.71 bits per heavy atom. The molecule has 0 spiro atoms. The van der Waals surface area contributed by atoms with Crippen LogP contribution in [0.3, 0.4) is 0 Å². The molecule has 0 saturated carbocycles. The molecule has 0 aromatic heterocycles. The van der Waals surface area contributed by atoms with Gasteiger partial charge in [-0.25, -0.2) is 0 Å². The highest BCUT2D eigenvalue weighted by Crippen LogP contribution is 2.36. The first kappa shape index (κ1) is 17.8. The van der Waals surface area contributed by atoms with E-state index in [1.165, 1.54) is 19.2 Å². The normalized spacial score (nSPS) is 10.1. The van der Waals surface area contributed by atoms with E-state index in [1.54, 1.807) is 0 Å². The minimum atomic E-state index is -0.312. The number of hydrogen-bond donors (Lipinski definition) is 1. The van der Waals surface area contributed by atoms with Gasteiger partial charge >= 0.3 is 0 Å². The second-order valence-corrected chi connectivity index (χ2v) is 5.41. The summed E-state index contributed by atoms with van der Waals surface area (Å²) in [6.45, 7) is 1.79. The maximum Gasteiger partial charge on any atom is 0.262 e. The molecule has 0 radical (unpaired) electrons. The van der Waals surface area contributed by atoms with E-state index in [0.29, 0.717) is 17.6 Å². The van der Waals surface area contributed by atoms with Crippen molar-refractivity contribution < 1.29 is 19.1 Å². The first-order valence-electron chi connectivity index (χ1n) is 7.42. The van der Waals surface area contributed by atoms with Gasteiger partial charge in [0.1, 0.15) is 6.29 Å². The Balaban J connectivity index is 2.08. The molecule has 0 unspecified atom stereocenters. The summed E-state index contributed by atoms with van der Waals surface area (Å²) >= 11 is 6.09. The fourth-order valence-corrected chi connectivity index (χ4v) is 2.50. The molecular weight excluding hydrogens is 330 g/mol. The summed E-state index contributed by atoms with van der Waals surface area (Å²) in [5.41, 5.74) is 2.16. The number of aldehydes is 1. The lowest BCUT2D eigenvalue weighted by atomic mass is 10.1. The second kappa shape index (κ2) is 8.36. The Morgan fingerprint density at radius 2 is 2.04 bits per heavy atom. The zero-order valence-corrected chi connectivity index (χ0v) is 14.2. The summed E-state index contributed by atoms with van der Waals surface area (Å²) < 4.78 is 10.6. The third kappa shape index (κ3) is 4.26. The molecule has 5 nitrogen and oxygen atoms in total. The number of anilines is 1. The van der Waals surface area contributed by atoms with E-state index in [2.05, 4.69) is 5.32 Å². The van der Waals surface area contributed by atoms with E-state index >= 15 is 0 Å². The topological polar surface area (TPSA) is 64.6 Å². The van der Waals surface area contributed by atoms with E-state index in [1.807, 2.05) is 31.2 Å². The number of benzene rings is 2. The number of amides is 1. The standard InChI is InChI=1S/C18H18ClNO4/c1-3-13-6-4-5-7-15(13)20-17(22)11-24-18-14(19)8-12(10-21)9-16(18)23-2/h4-10H,3,11H2,1-2H3,(H,20,22). The van der Waals surface area contributed by atoms with Gasteiger partial charge in [-0.1, -0.05) is 36.7 Å². The highest BCUT2D eigenvalue weighted by Gasteiger charge is 2.14. The van der Waals surface area contributed by atoms with Gasteiger partial charge in [-0.2, -0.15) is 0 Å². The van der Waals surface area contributed by atoms with Crippen LogP contribution in [0.2, 0.25) is 5.02 Å². The van der Waals surface area contributed by atoms with Gasteiger partial charge in [0.05, 0.1) is 12.1 Å². The van der Waals surface area contributed by atoms with Crippen LogP contribution in [0.1, 0.15) is 22.8 Å². The summed E-state index contributed by atoms with van der Waals surface area (Å²) in [5, 5.41) is 3.01. The van der Waals surface area contributed by atoms with Crippen LogP contribution < -0.4 is 14.8 Å². The van der Waals surface area contributed by atoms with E-state index in [-0.39, 0.29) is 23.3 Å². The van der Waals surface area contributed by atoms with Crippen molar-refractivity contribution in [2.75, 3.05) is 19.0 Å². The number of carbonyl (C=O) groups excluding carboxylic acids is 2. The van der Waals surface area contributed by atoms with E-state index in [0.717, 1.165) is 17.7 Å². The molecule has 126 valence electrons. The lowest BCUT2D eigenvalue weighted by Crippen LogP contribution is -2.21. The maximum atomic E-state index is 12.1. The van der Waals surface area contributed by atoms with Gasteiger partial charge in [0.2, 0.25) is 0 Å². The number of carbonyl (C=O) groups is 2. The van der Waals surface area contributed by atoms with Gasteiger partial charge in [0.15, 0.2) is 18.1 Å². The van der Waals surface area contributed by atoms with E-state index < -0.39 is 0 Å². The van der Waals surface area contributed by atoms with Crippen molar-refractivity contribution in [3.8, 4) is 11.5 Å². The third-order valence-corrected chi connectivity index (χ3v) is 3.69. The van der Waals surface area contributed by atoms with E-state index in [4.69, 9.17) is 21.1 Å². The molecule has 0 fully saturated rings. The largest absolute Gasteiger partial charge is 0.493 e. The molecule has 0 atom stereocenters. The maximum absolute atomic E-state index is 12.1. The summed E-state index contributed by atoms with van der Waals surface area (Å²) in [6, 6.07) is 10.5. The zero-order chi connectivity index (χ0) is 17.5. The summed E-state index contributed by atoms with van der Waals surface area (Å²) in [4.78, 5) is 23.0. The van der Waals surface area contributed by atoms with Gasteiger partial charge in [-0.3, -0.25) is 9.59 Å². The quantitative estimate of drug-likeness (QED) is 0.775. The van der Waals surface area contributed by atoms with Gasteiger partial charge in [-0.05, 0) is 30.2 Å². The average molecular weight is 348 g/mol. The van der Waals surface area contributed by atoms with Gasteiger partial charge < -0.3 is 14.8 Å². The van der Waals surface area contributed by atoms with Crippen molar-refractivity contribution in [1.29, 1.82) is 0 Å². The number of aryl methyl sites for hydroxylation is 1. The molecule has 2 aromatic carbocycles. The Hall–Kier alpha value is -2.53. The summed E-state index contributed by atoms with van der Waals surface area (Å²) in [5.74, 6) is 0.212. The smallest absolute Gasteiger partial charge is 0.262 e. The van der Waals surface area contributed by atoms with Crippen LogP contribution in [0.25, 0.3) is 0 Å². The fourth-order valence-electron chi connectivity index (χ4n) is 2.22. The minimum absolute atomic E-state index is 0.207. The van der Waals surface area contributed by atoms with Crippen molar-refractivity contribution in [2.24, 2.45) is 0 Å². The van der Waals surface area contributed by atoms with Crippen LogP contribution in [-0.2, 0) is 11.2 Å². The number of ether oxygens (including phenoxy) is 2. The Kier molecular flexibility index (Phi) is 6.21. The third-order valence-electron chi connectivity index (χ3n) is 3.41.